The van der Waals surface area contributed by atoms with Gasteiger partial charge in [-0.2, -0.15) is 18.3 Å². The molecule has 0 aliphatic heterocycles. The number of rotatable bonds is 6. The third-order valence-corrected chi connectivity index (χ3v) is 2.38. The molecule has 8 heteroatoms. The highest BCUT2D eigenvalue weighted by Crippen LogP contribution is 2.27. The molecule has 0 aliphatic rings. The Labute approximate surface area is 102 Å². The molecule has 102 valence electrons. The summed E-state index contributed by atoms with van der Waals surface area (Å²) in [5.74, 6) is 4.66. The maximum Gasteiger partial charge on any atom is 0.435 e. The number of nitrogens with two attached hydrogens (primary N) is 1. The molecular weight excluding hydrogens is 249 g/mol. The lowest BCUT2D eigenvalue weighted by Crippen LogP contribution is -2.29. The molecule has 0 aromatic carbocycles. The van der Waals surface area contributed by atoms with Crippen molar-refractivity contribution in [2.24, 2.45) is 5.84 Å². The number of halogens is 3. The molecule has 1 amide bonds. The van der Waals surface area contributed by atoms with Crippen LogP contribution in [0.25, 0.3) is 0 Å². The van der Waals surface area contributed by atoms with E-state index in [-0.39, 0.29) is 5.91 Å². The number of aryl methyl sites for hydroxylation is 1. The van der Waals surface area contributed by atoms with Gasteiger partial charge in [0, 0.05) is 19.2 Å². The van der Waals surface area contributed by atoms with Gasteiger partial charge in [-0.15, -0.1) is 0 Å². The van der Waals surface area contributed by atoms with E-state index in [1.54, 1.807) is 0 Å². The first-order valence-corrected chi connectivity index (χ1v) is 5.53. The number of nitrogens with zero attached hydrogens (tertiary/aromatic N) is 2. The molecule has 0 bridgehead atoms. The van der Waals surface area contributed by atoms with Crippen LogP contribution in [0.1, 0.15) is 31.4 Å². The lowest BCUT2D eigenvalue weighted by molar-refractivity contribution is -0.141. The van der Waals surface area contributed by atoms with E-state index < -0.39 is 11.9 Å². The number of unbranched alkanes of at least 4 members (excludes halogenated alkanes) is 2. The van der Waals surface area contributed by atoms with Crippen molar-refractivity contribution in [3.63, 3.8) is 0 Å². The highest BCUT2D eigenvalue weighted by molar-refractivity contribution is 5.74. The quantitative estimate of drug-likeness (QED) is 0.353. The second-order valence-corrected chi connectivity index (χ2v) is 3.84. The van der Waals surface area contributed by atoms with Crippen molar-refractivity contribution in [1.29, 1.82) is 0 Å². The van der Waals surface area contributed by atoms with Crippen molar-refractivity contribution in [3.8, 4) is 0 Å². The van der Waals surface area contributed by atoms with Crippen LogP contribution < -0.4 is 11.3 Å². The van der Waals surface area contributed by atoms with Gasteiger partial charge in [-0.05, 0) is 18.9 Å². The molecule has 3 N–H and O–H groups in total. The predicted octanol–water partition coefficient (Wildman–Crippen LogP) is 1.45. The minimum absolute atomic E-state index is 0.242. The highest BCUT2D eigenvalue weighted by atomic mass is 19.4. The monoisotopic (exact) mass is 264 g/mol. The van der Waals surface area contributed by atoms with E-state index in [1.807, 2.05) is 5.43 Å². The topological polar surface area (TPSA) is 72.9 Å². The zero-order valence-electron chi connectivity index (χ0n) is 9.70. The van der Waals surface area contributed by atoms with Crippen molar-refractivity contribution in [2.75, 3.05) is 0 Å². The third kappa shape index (κ3) is 4.74. The standard InChI is InChI=1S/C10H15F3N4O/c11-10(12,13)8-5-7-17(16-8)6-3-1-2-4-9(18)15-14/h5,7H,1-4,6,14H2,(H,15,18). The Balaban J connectivity index is 2.24. The molecule has 0 saturated heterocycles. The van der Waals surface area contributed by atoms with Gasteiger partial charge in [-0.1, -0.05) is 6.42 Å². The van der Waals surface area contributed by atoms with E-state index in [4.69, 9.17) is 5.84 Å². The Kier molecular flexibility index (Phi) is 5.14. The second-order valence-electron chi connectivity index (χ2n) is 3.84. The summed E-state index contributed by atoms with van der Waals surface area (Å²) >= 11 is 0. The fourth-order valence-electron chi connectivity index (χ4n) is 1.45. The van der Waals surface area contributed by atoms with Gasteiger partial charge in [0.15, 0.2) is 5.69 Å². The summed E-state index contributed by atoms with van der Waals surface area (Å²) in [4.78, 5) is 10.8. The van der Waals surface area contributed by atoms with Crippen LogP contribution in [0, 0.1) is 0 Å². The number of hydrazine groups is 1. The Bertz CT molecular complexity index is 389. The van der Waals surface area contributed by atoms with E-state index in [2.05, 4.69) is 5.10 Å². The van der Waals surface area contributed by atoms with Crippen LogP contribution in [0.3, 0.4) is 0 Å². The van der Waals surface area contributed by atoms with Gasteiger partial charge < -0.3 is 0 Å². The van der Waals surface area contributed by atoms with E-state index in [1.165, 1.54) is 10.9 Å². The second kappa shape index (κ2) is 6.39. The highest BCUT2D eigenvalue weighted by Gasteiger charge is 2.33. The summed E-state index contributed by atoms with van der Waals surface area (Å²) in [5.41, 5.74) is 1.13. The van der Waals surface area contributed by atoms with Crippen LogP contribution in [0.4, 0.5) is 13.2 Å². The summed E-state index contributed by atoms with van der Waals surface area (Å²) in [6.45, 7) is 0.403. The average Bonchev–Trinajstić information content (AvgIpc) is 2.76. The number of alkyl halides is 3. The van der Waals surface area contributed by atoms with Crippen LogP contribution in [0.2, 0.25) is 0 Å². The first-order valence-electron chi connectivity index (χ1n) is 5.53. The number of nitrogens with one attached hydrogen (secondary N) is 1. The number of aromatic nitrogens is 2. The van der Waals surface area contributed by atoms with E-state index >= 15 is 0 Å². The number of carbonyl (C=O) groups excluding carboxylic acids is 1. The lowest BCUT2D eigenvalue weighted by atomic mass is 10.2. The number of hydrogen-bond donors (Lipinski definition) is 2. The number of carbonyl (C=O) groups is 1. The normalized spacial score (nSPS) is 11.6. The smallest absolute Gasteiger partial charge is 0.294 e. The lowest BCUT2D eigenvalue weighted by Gasteiger charge is -2.03. The molecule has 1 heterocycles. The molecular formula is C10H15F3N4O. The summed E-state index contributed by atoms with van der Waals surface area (Å²) in [5, 5.41) is 3.42. The van der Waals surface area contributed by atoms with Crippen molar-refractivity contribution >= 4 is 5.91 Å². The molecule has 1 aromatic heterocycles. The predicted molar refractivity (Wildman–Crippen MR) is 58.0 cm³/mol. The van der Waals surface area contributed by atoms with Crippen LogP contribution in [0.15, 0.2) is 12.3 Å². The Morgan fingerprint density at radius 2 is 2.11 bits per heavy atom. The molecule has 1 rings (SSSR count). The third-order valence-electron chi connectivity index (χ3n) is 2.38. The Hall–Kier alpha value is -1.57. The van der Waals surface area contributed by atoms with Crippen molar-refractivity contribution in [2.45, 2.75) is 38.4 Å². The SMILES string of the molecule is NNC(=O)CCCCCn1ccc(C(F)(F)F)n1. The van der Waals surface area contributed by atoms with Gasteiger partial charge in [0.25, 0.3) is 0 Å². The summed E-state index contributed by atoms with van der Waals surface area (Å²) in [7, 11) is 0. The van der Waals surface area contributed by atoms with Crippen LogP contribution >= 0.6 is 0 Å². The van der Waals surface area contributed by atoms with E-state index in [0.717, 1.165) is 12.5 Å². The van der Waals surface area contributed by atoms with Crippen molar-refractivity contribution < 1.29 is 18.0 Å². The van der Waals surface area contributed by atoms with Gasteiger partial charge in [-0.3, -0.25) is 14.9 Å². The number of amides is 1. The maximum atomic E-state index is 12.2. The fraction of sp³-hybridized carbons (Fsp3) is 0.600. The zero-order valence-corrected chi connectivity index (χ0v) is 9.70. The van der Waals surface area contributed by atoms with Gasteiger partial charge in [0.05, 0.1) is 0 Å². The summed E-state index contributed by atoms with van der Waals surface area (Å²) in [6.07, 6.45) is -0.731. The fourth-order valence-corrected chi connectivity index (χ4v) is 1.45. The van der Waals surface area contributed by atoms with Gasteiger partial charge >= 0.3 is 6.18 Å². The molecule has 0 aliphatic carbocycles. The van der Waals surface area contributed by atoms with Gasteiger partial charge in [-0.25, -0.2) is 5.84 Å². The molecule has 0 unspecified atom stereocenters. The minimum atomic E-state index is -4.40. The molecule has 0 radical (unpaired) electrons. The summed E-state index contributed by atoms with van der Waals surface area (Å²) in [6, 6.07) is 0.946. The van der Waals surface area contributed by atoms with E-state index in [0.29, 0.717) is 25.8 Å². The Morgan fingerprint density at radius 1 is 1.39 bits per heavy atom. The van der Waals surface area contributed by atoms with E-state index in [9.17, 15) is 18.0 Å². The first kappa shape index (κ1) is 14.5. The van der Waals surface area contributed by atoms with Gasteiger partial charge in [0.1, 0.15) is 0 Å². The van der Waals surface area contributed by atoms with Gasteiger partial charge in [0.2, 0.25) is 5.91 Å². The molecule has 1 aromatic rings. The average molecular weight is 264 g/mol. The van der Waals surface area contributed by atoms with Crippen LogP contribution in [-0.2, 0) is 17.5 Å². The maximum absolute atomic E-state index is 12.2. The largest absolute Gasteiger partial charge is 0.435 e. The molecule has 18 heavy (non-hydrogen) atoms. The van der Waals surface area contributed by atoms with Crippen molar-refractivity contribution in [1.82, 2.24) is 15.2 Å². The summed E-state index contributed by atoms with van der Waals surface area (Å²) < 4.78 is 38.0. The van der Waals surface area contributed by atoms with Crippen LogP contribution in [-0.4, -0.2) is 15.7 Å². The molecule has 0 spiro atoms. The zero-order chi connectivity index (χ0) is 13.6. The van der Waals surface area contributed by atoms with Crippen LogP contribution in [0.5, 0.6) is 0 Å². The molecule has 0 fully saturated rings. The molecule has 5 nitrogen and oxygen atoms in total. The minimum Gasteiger partial charge on any atom is -0.294 e. The van der Waals surface area contributed by atoms with Crippen molar-refractivity contribution in [3.05, 3.63) is 18.0 Å². The Morgan fingerprint density at radius 3 is 2.67 bits per heavy atom. The molecule has 0 saturated carbocycles. The first-order chi connectivity index (χ1) is 8.43. The number of hydrogen-bond acceptors (Lipinski definition) is 3. The molecule has 0 atom stereocenters.